The first-order valence-electron chi connectivity index (χ1n) is 9.11. The molecule has 0 aromatic heterocycles. The molecule has 0 fully saturated rings. The van der Waals surface area contributed by atoms with Gasteiger partial charge in [-0.15, -0.1) is 0 Å². The van der Waals surface area contributed by atoms with Gasteiger partial charge in [0.15, 0.2) is 0 Å². The van der Waals surface area contributed by atoms with Crippen LogP contribution in [0.1, 0.15) is 27.0 Å². The van der Waals surface area contributed by atoms with E-state index in [0.29, 0.717) is 23.5 Å². The molecule has 0 bridgehead atoms. The molecule has 0 aliphatic carbocycles. The number of amides is 1. The van der Waals surface area contributed by atoms with Crippen LogP contribution >= 0.6 is 0 Å². The Bertz CT molecular complexity index is 1010. The Morgan fingerprint density at radius 3 is 2.21 bits per heavy atom. The molecule has 5 heteroatoms. The molecule has 0 unspecified atom stereocenters. The van der Waals surface area contributed by atoms with E-state index in [2.05, 4.69) is 5.32 Å². The van der Waals surface area contributed by atoms with Crippen molar-refractivity contribution in [3.05, 3.63) is 107 Å². The van der Waals surface area contributed by atoms with Crippen LogP contribution in [-0.2, 0) is 11.4 Å². The van der Waals surface area contributed by atoms with E-state index in [1.54, 1.807) is 54.6 Å². The van der Waals surface area contributed by atoms with E-state index >= 15 is 0 Å². The van der Waals surface area contributed by atoms with Gasteiger partial charge in [-0.05, 0) is 48.4 Å². The summed E-state index contributed by atoms with van der Waals surface area (Å²) in [6.07, 6.45) is 1.41. The van der Waals surface area contributed by atoms with Gasteiger partial charge in [0, 0.05) is 5.56 Å². The number of hydrogen-bond acceptors (Lipinski definition) is 3. The number of ether oxygens (including phenoxy) is 1. The van der Waals surface area contributed by atoms with Crippen molar-refractivity contribution >= 4 is 18.0 Å². The number of aliphatic carboxylic acids is 1. The van der Waals surface area contributed by atoms with Crippen molar-refractivity contribution in [2.45, 2.75) is 13.5 Å². The molecule has 2 N–H and O–H groups in total. The highest BCUT2D eigenvalue weighted by Gasteiger charge is 2.13. The van der Waals surface area contributed by atoms with Gasteiger partial charge in [0.1, 0.15) is 18.1 Å². The molecule has 0 aliphatic heterocycles. The maximum atomic E-state index is 12.2. The topological polar surface area (TPSA) is 75.6 Å². The molecule has 0 saturated carbocycles. The number of aryl methyl sites for hydroxylation is 1. The monoisotopic (exact) mass is 387 g/mol. The van der Waals surface area contributed by atoms with Crippen LogP contribution in [0.4, 0.5) is 0 Å². The van der Waals surface area contributed by atoms with E-state index in [4.69, 9.17) is 4.74 Å². The number of carboxylic acid groups (broad SMARTS) is 1. The van der Waals surface area contributed by atoms with E-state index in [1.807, 2.05) is 31.2 Å². The number of hydrogen-bond donors (Lipinski definition) is 2. The Balaban J connectivity index is 1.66. The maximum absolute atomic E-state index is 12.2. The average molecular weight is 387 g/mol. The van der Waals surface area contributed by atoms with Crippen LogP contribution in [0.5, 0.6) is 5.75 Å². The molecule has 146 valence electrons. The normalized spacial score (nSPS) is 11.0. The zero-order chi connectivity index (χ0) is 20.6. The van der Waals surface area contributed by atoms with Crippen molar-refractivity contribution in [3.63, 3.8) is 0 Å². The van der Waals surface area contributed by atoms with Gasteiger partial charge in [0.2, 0.25) is 0 Å². The highest BCUT2D eigenvalue weighted by Crippen LogP contribution is 2.16. The lowest BCUT2D eigenvalue weighted by atomic mass is 10.1. The van der Waals surface area contributed by atoms with E-state index in [0.717, 1.165) is 5.56 Å². The molecule has 3 aromatic carbocycles. The molecule has 1 amide bonds. The lowest BCUT2D eigenvalue weighted by Gasteiger charge is -2.08. The zero-order valence-electron chi connectivity index (χ0n) is 16.0. The first-order valence-corrected chi connectivity index (χ1v) is 9.11. The van der Waals surface area contributed by atoms with Crippen molar-refractivity contribution in [1.29, 1.82) is 0 Å². The number of carbonyl (C=O) groups excluding carboxylic acids is 1. The summed E-state index contributed by atoms with van der Waals surface area (Å²) in [5, 5.41) is 11.8. The van der Waals surface area contributed by atoms with Gasteiger partial charge in [0.05, 0.1) is 0 Å². The minimum atomic E-state index is -1.21. The highest BCUT2D eigenvalue weighted by atomic mass is 16.5. The summed E-state index contributed by atoms with van der Waals surface area (Å²) in [6.45, 7) is 2.48. The molecule has 0 atom stereocenters. The van der Waals surface area contributed by atoms with Gasteiger partial charge in [0.25, 0.3) is 5.91 Å². The summed E-state index contributed by atoms with van der Waals surface area (Å²) in [7, 11) is 0. The van der Waals surface area contributed by atoms with Gasteiger partial charge >= 0.3 is 5.97 Å². The van der Waals surface area contributed by atoms with Gasteiger partial charge in [-0.25, -0.2) is 4.79 Å². The molecule has 0 radical (unpaired) electrons. The van der Waals surface area contributed by atoms with E-state index in [9.17, 15) is 14.7 Å². The maximum Gasteiger partial charge on any atom is 0.352 e. The lowest BCUT2D eigenvalue weighted by Crippen LogP contribution is -2.27. The predicted octanol–water partition coefficient (Wildman–Crippen LogP) is 4.43. The highest BCUT2D eigenvalue weighted by molar-refractivity contribution is 6.02. The van der Waals surface area contributed by atoms with Gasteiger partial charge in [-0.2, -0.15) is 0 Å². The van der Waals surface area contributed by atoms with Crippen LogP contribution in [0.25, 0.3) is 6.08 Å². The van der Waals surface area contributed by atoms with E-state index in [1.165, 1.54) is 11.6 Å². The quantitative estimate of drug-likeness (QED) is 0.588. The van der Waals surface area contributed by atoms with Crippen LogP contribution < -0.4 is 10.1 Å². The molecule has 0 aliphatic rings. The standard InChI is InChI=1S/C24H21NO4/c1-17-7-9-19(10-8-17)16-29-21-13-11-18(12-14-21)15-22(24(27)28)25-23(26)20-5-3-2-4-6-20/h2-15H,16H2,1H3,(H,25,26)(H,27,28)/b22-15-. The van der Waals surface area contributed by atoms with Crippen molar-refractivity contribution in [2.75, 3.05) is 0 Å². The first kappa shape index (κ1) is 19.9. The largest absolute Gasteiger partial charge is 0.489 e. The molecule has 0 heterocycles. The molecular weight excluding hydrogens is 366 g/mol. The smallest absolute Gasteiger partial charge is 0.352 e. The molecule has 29 heavy (non-hydrogen) atoms. The summed E-state index contributed by atoms with van der Waals surface area (Å²) >= 11 is 0. The Morgan fingerprint density at radius 1 is 0.931 bits per heavy atom. The van der Waals surface area contributed by atoms with Crippen molar-refractivity contribution in [1.82, 2.24) is 5.32 Å². The van der Waals surface area contributed by atoms with Gasteiger partial charge in [-0.3, -0.25) is 4.79 Å². The molecule has 0 saturated heterocycles. The Morgan fingerprint density at radius 2 is 1.59 bits per heavy atom. The number of nitrogens with one attached hydrogen (secondary N) is 1. The van der Waals surface area contributed by atoms with Crippen molar-refractivity contribution < 1.29 is 19.4 Å². The molecule has 3 rings (SSSR count). The van der Waals surface area contributed by atoms with E-state index < -0.39 is 11.9 Å². The summed E-state index contributed by atoms with van der Waals surface area (Å²) in [5.41, 5.74) is 3.08. The van der Waals surface area contributed by atoms with Crippen LogP contribution in [0.3, 0.4) is 0 Å². The third-order valence-electron chi connectivity index (χ3n) is 4.23. The zero-order valence-corrected chi connectivity index (χ0v) is 16.0. The van der Waals surface area contributed by atoms with Gasteiger partial charge < -0.3 is 15.2 Å². The molecule has 3 aromatic rings. The minimum Gasteiger partial charge on any atom is -0.489 e. The average Bonchev–Trinajstić information content (AvgIpc) is 2.74. The van der Waals surface area contributed by atoms with E-state index in [-0.39, 0.29) is 5.70 Å². The van der Waals surface area contributed by atoms with Gasteiger partial charge in [-0.1, -0.05) is 60.2 Å². The first-order chi connectivity index (χ1) is 14.0. The molecule has 0 spiro atoms. The van der Waals surface area contributed by atoms with Crippen molar-refractivity contribution in [2.24, 2.45) is 0 Å². The van der Waals surface area contributed by atoms with Crippen LogP contribution in [-0.4, -0.2) is 17.0 Å². The number of carboxylic acids is 1. The second-order valence-electron chi connectivity index (χ2n) is 6.53. The number of benzene rings is 3. The third kappa shape index (κ3) is 5.81. The second-order valence-corrected chi connectivity index (χ2v) is 6.53. The van der Waals surface area contributed by atoms with Crippen LogP contribution in [0.2, 0.25) is 0 Å². The lowest BCUT2D eigenvalue weighted by molar-refractivity contribution is -0.132. The third-order valence-corrected chi connectivity index (χ3v) is 4.23. The fraction of sp³-hybridized carbons (Fsp3) is 0.0833. The summed E-state index contributed by atoms with van der Waals surface area (Å²) in [5.74, 6) is -1.01. The molecule has 5 nitrogen and oxygen atoms in total. The summed E-state index contributed by atoms with van der Waals surface area (Å²) in [6, 6.07) is 23.6. The van der Waals surface area contributed by atoms with Crippen LogP contribution in [0, 0.1) is 6.92 Å². The number of carbonyl (C=O) groups is 2. The fourth-order valence-electron chi connectivity index (χ4n) is 2.61. The summed E-state index contributed by atoms with van der Waals surface area (Å²) < 4.78 is 5.75. The second kappa shape index (κ2) is 9.37. The SMILES string of the molecule is Cc1ccc(COc2ccc(/C=C(\NC(=O)c3ccccc3)C(=O)O)cc2)cc1. The summed E-state index contributed by atoms with van der Waals surface area (Å²) in [4.78, 5) is 23.7. The molecular formula is C24H21NO4. The predicted molar refractivity (Wildman–Crippen MR) is 111 cm³/mol. The fourth-order valence-corrected chi connectivity index (χ4v) is 2.61. The van der Waals surface area contributed by atoms with Crippen molar-refractivity contribution in [3.8, 4) is 5.75 Å². The minimum absolute atomic E-state index is 0.202. The van der Waals surface area contributed by atoms with Crippen LogP contribution in [0.15, 0.2) is 84.6 Å². The Kier molecular flexibility index (Phi) is 6.43. The Labute approximate surface area is 169 Å². The Hall–Kier alpha value is -3.86. The number of rotatable bonds is 7.